The highest BCUT2D eigenvalue weighted by molar-refractivity contribution is 5.83. The molecule has 3 rings (SSSR count). The summed E-state index contributed by atoms with van der Waals surface area (Å²) in [6, 6.07) is 9.02. The number of fused-ring (bicyclic) bond motifs is 1. The quantitative estimate of drug-likeness (QED) is 0.827. The van der Waals surface area contributed by atoms with Crippen LogP contribution >= 0.6 is 0 Å². The van der Waals surface area contributed by atoms with Crippen LogP contribution in [0.3, 0.4) is 0 Å². The lowest BCUT2D eigenvalue weighted by atomic mass is 9.97. The summed E-state index contributed by atoms with van der Waals surface area (Å²) < 4.78 is 0. The monoisotopic (exact) mass is 228 g/mol. The molecule has 2 unspecified atom stereocenters. The lowest BCUT2D eigenvalue weighted by Crippen LogP contribution is -2.20. The predicted molar refractivity (Wildman–Crippen MR) is 72.0 cm³/mol. The molecule has 2 N–H and O–H groups in total. The highest BCUT2D eigenvalue weighted by atomic mass is 14.9. The zero-order valence-corrected chi connectivity index (χ0v) is 10.7. The van der Waals surface area contributed by atoms with E-state index in [2.05, 4.69) is 61.7 Å². The molecule has 0 bridgehead atoms. The molecule has 1 aromatic heterocycles. The van der Waals surface area contributed by atoms with Crippen LogP contribution in [0.25, 0.3) is 10.9 Å². The zero-order valence-electron chi connectivity index (χ0n) is 10.7. The Morgan fingerprint density at radius 3 is 2.71 bits per heavy atom. The lowest BCUT2D eigenvalue weighted by Gasteiger charge is -2.17. The van der Waals surface area contributed by atoms with E-state index in [-0.39, 0.29) is 0 Å². The van der Waals surface area contributed by atoms with Crippen LogP contribution in [0.4, 0.5) is 0 Å². The van der Waals surface area contributed by atoms with E-state index in [0.29, 0.717) is 11.5 Å². The maximum absolute atomic E-state index is 3.49. The van der Waals surface area contributed by atoms with Crippen molar-refractivity contribution in [2.75, 3.05) is 7.05 Å². The van der Waals surface area contributed by atoms with Gasteiger partial charge in [0.1, 0.15) is 0 Å². The minimum Gasteiger partial charge on any atom is -0.361 e. The Morgan fingerprint density at radius 2 is 2.06 bits per heavy atom. The second kappa shape index (κ2) is 3.61. The van der Waals surface area contributed by atoms with E-state index in [1.807, 2.05) is 0 Å². The summed E-state index contributed by atoms with van der Waals surface area (Å²) in [5.74, 6) is 0.756. The SMILES string of the molecule is CNC(c1c[nH]c2ccccc12)C1CC1(C)C. The lowest BCUT2D eigenvalue weighted by molar-refractivity contribution is 0.443. The maximum Gasteiger partial charge on any atom is 0.0457 e. The van der Waals surface area contributed by atoms with Gasteiger partial charge in [-0.25, -0.2) is 0 Å². The summed E-state index contributed by atoms with van der Waals surface area (Å²) in [5, 5.41) is 4.85. The van der Waals surface area contributed by atoms with Crippen LogP contribution in [0, 0.1) is 11.3 Å². The maximum atomic E-state index is 3.49. The van der Waals surface area contributed by atoms with Gasteiger partial charge in [-0.15, -0.1) is 0 Å². The Bertz CT molecular complexity index is 539. The molecule has 1 aliphatic carbocycles. The molecular weight excluding hydrogens is 208 g/mol. The Balaban J connectivity index is 2.02. The second-order valence-electron chi connectivity index (χ2n) is 5.86. The van der Waals surface area contributed by atoms with Gasteiger partial charge in [0.2, 0.25) is 0 Å². The fourth-order valence-corrected chi connectivity index (χ4v) is 3.00. The molecule has 1 fully saturated rings. The van der Waals surface area contributed by atoms with Gasteiger partial charge in [-0.1, -0.05) is 32.0 Å². The summed E-state index contributed by atoms with van der Waals surface area (Å²) in [5.41, 5.74) is 3.14. The van der Waals surface area contributed by atoms with E-state index in [1.54, 1.807) is 0 Å². The van der Waals surface area contributed by atoms with Crippen LogP contribution in [0.1, 0.15) is 31.9 Å². The number of nitrogens with one attached hydrogen (secondary N) is 2. The van der Waals surface area contributed by atoms with E-state index >= 15 is 0 Å². The molecule has 0 aliphatic heterocycles. The third-order valence-corrected chi connectivity index (χ3v) is 4.26. The molecule has 0 spiro atoms. The zero-order chi connectivity index (χ0) is 12.0. The van der Waals surface area contributed by atoms with Crippen LogP contribution in [0.5, 0.6) is 0 Å². The van der Waals surface area contributed by atoms with Crippen molar-refractivity contribution in [3.8, 4) is 0 Å². The molecule has 2 aromatic rings. The standard InChI is InChI=1S/C15H20N2/c1-15(2)8-12(15)14(16-3)11-9-17-13-7-5-4-6-10(11)13/h4-7,9,12,14,16-17H,8H2,1-3H3. The molecule has 1 saturated carbocycles. The summed E-state index contributed by atoms with van der Waals surface area (Å²) in [6.07, 6.45) is 3.48. The number of benzene rings is 1. The first-order valence-electron chi connectivity index (χ1n) is 6.37. The fraction of sp³-hybridized carbons (Fsp3) is 0.467. The first-order chi connectivity index (χ1) is 8.13. The molecule has 2 nitrogen and oxygen atoms in total. The van der Waals surface area contributed by atoms with E-state index in [0.717, 1.165) is 5.92 Å². The minimum absolute atomic E-state index is 0.473. The van der Waals surface area contributed by atoms with Gasteiger partial charge in [-0.05, 0) is 36.4 Å². The van der Waals surface area contributed by atoms with Gasteiger partial charge < -0.3 is 10.3 Å². The Labute approximate surface area is 102 Å². The van der Waals surface area contributed by atoms with Gasteiger partial charge in [0.25, 0.3) is 0 Å². The highest BCUT2D eigenvalue weighted by Crippen LogP contribution is 2.58. The van der Waals surface area contributed by atoms with Gasteiger partial charge in [0, 0.05) is 23.1 Å². The van der Waals surface area contributed by atoms with Crippen LogP contribution in [-0.2, 0) is 0 Å². The summed E-state index contributed by atoms with van der Waals surface area (Å²) in [7, 11) is 2.07. The third-order valence-electron chi connectivity index (χ3n) is 4.26. The molecule has 0 saturated heterocycles. The van der Waals surface area contributed by atoms with Crippen molar-refractivity contribution in [3.63, 3.8) is 0 Å². The predicted octanol–water partition coefficient (Wildman–Crippen LogP) is 3.47. The molecule has 2 heteroatoms. The molecule has 0 radical (unpaired) electrons. The van der Waals surface area contributed by atoms with Crippen LogP contribution in [0.15, 0.2) is 30.5 Å². The number of aromatic amines is 1. The minimum atomic E-state index is 0.473. The van der Waals surface area contributed by atoms with Crippen molar-refractivity contribution >= 4 is 10.9 Å². The van der Waals surface area contributed by atoms with Crippen LogP contribution in [0.2, 0.25) is 0 Å². The van der Waals surface area contributed by atoms with Crippen molar-refractivity contribution in [1.82, 2.24) is 10.3 Å². The number of para-hydroxylation sites is 1. The van der Waals surface area contributed by atoms with Crippen molar-refractivity contribution in [2.45, 2.75) is 26.3 Å². The van der Waals surface area contributed by atoms with Crippen LogP contribution in [-0.4, -0.2) is 12.0 Å². The highest BCUT2D eigenvalue weighted by Gasteiger charge is 2.50. The third kappa shape index (κ3) is 1.67. The largest absolute Gasteiger partial charge is 0.361 e. The normalized spacial score (nSPS) is 23.8. The average Bonchev–Trinajstić information content (AvgIpc) is 2.76. The van der Waals surface area contributed by atoms with Crippen molar-refractivity contribution in [1.29, 1.82) is 0 Å². The number of rotatable bonds is 3. The van der Waals surface area contributed by atoms with Gasteiger partial charge in [0.15, 0.2) is 0 Å². The first-order valence-corrected chi connectivity index (χ1v) is 6.37. The Hall–Kier alpha value is -1.28. The van der Waals surface area contributed by atoms with E-state index in [1.165, 1.54) is 22.9 Å². The van der Waals surface area contributed by atoms with Crippen molar-refractivity contribution < 1.29 is 0 Å². The summed E-state index contributed by atoms with van der Waals surface area (Å²) in [6.45, 7) is 4.72. The number of H-pyrrole nitrogens is 1. The molecule has 1 aromatic carbocycles. The molecule has 2 atom stereocenters. The smallest absolute Gasteiger partial charge is 0.0457 e. The van der Waals surface area contributed by atoms with Crippen molar-refractivity contribution in [2.24, 2.45) is 11.3 Å². The molecule has 1 aliphatic rings. The van der Waals surface area contributed by atoms with Gasteiger partial charge in [0.05, 0.1) is 0 Å². The van der Waals surface area contributed by atoms with Crippen LogP contribution < -0.4 is 5.32 Å². The molecular formula is C15H20N2. The van der Waals surface area contributed by atoms with E-state index < -0.39 is 0 Å². The Morgan fingerprint density at radius 1 is 1.35 bits per heavy atom. The number of hydrogen-bond acceptors (Lipinski definition) is 1. The Kier molecular flexibility index (Phi) is 2.30. The van der Waals surface area contributed by atoms with E-state index in [9.17, 15) is 0 Å². The average molecular weight is 228 g/mol. The van der Waals surface area contributed by atoms with Crippen molar-refractivity contribution in [3.05, 3.63) is 36.0 Å². The molecule has 90 valence electrons. The fourth-order valence-electron chi connectivity index (χ4n) is 3.00. The molecule has 17 heavy (non-hydrogen) atoms. The number of aromatic nitrogens is 1. The van der Waals surface area contributed by atoms with E-state index in [4.69, 9.17) is 0 Å². The topological polar surface area (TPSA) is 27.8 Å². The molecule has 0 amide bonds. The van der Waals surface area contributed by atoms with Gasteiger partial charge in [-0.2, -0.15) is 0 Å². The first kappa shape index (κ1) is 10.8. The van der Waals surface area contributed by atoms with Gasteiger partial charge >= 0.3 is 0 Å². The van der Waals surface area contributed by atoms with Gasteiger partial charge in [-0.3, -0.25) is 0 Å². The summed E-state index contributed by atoms with van der Waals surface area (Å²) >= 11 is 0. The number of hydrogen-bond donors (Lipinski definition) is 2. The molecule has 1 heterocycles. The second-order valence-corrected chi connectivity index (χ2v) is 5.86. The summed E-state index contributed by atoms with van der Waals surface area (Å²) in [4.78, 5) is 3.37.